The lowest BCUT2D eigenvalue weighted by atomic mass is 10.1. The molecule has 122 valence electrons. The summed E-state index contributed by atoms with van der Waals surface area (Å²) in [4.78, 5) is 12.2. The van der Waals surface area contributed by atoms with Crippen LogP contribution in [-0.4, -0.2) is 45.9 Å². The van der Waals surface area contributed by atoms with Gasteiger partial charge in [0.25, 0.3) is 5.91 Å². The third-order valence-electron chi connectivity index (χ3n) is 3.66. The van der Waals surface area contributed by atoms with Gasteiger partial charge in [0.15, 0.2) is 11.5 Å². The summed E-state index contributed by atoms with van der Waals surface area (Å²) in [6.07, 6.45) is 2.02. The Labute approximate surface area is 130 Å². The van der Waals surface area contributed by atoms with Gasteiger partial charge in [0.2, 0.25) is 0 Å². The van der Waals surface area contributed by atoms with Crippen molar-refractivity contribution in [1.82, 2.24) is 5.32 Å². The maximum atomic E-state index is 12.2. The fraction of sp³-hybridized carbons (Fsp3) is 0.562. The molecule has 3 N–H and O–H groups in total. The van der Waals surface area contributed by atoms with Crippen molar-refractivity contribution in [1.29, 1.82) is 0 Å². The summed E-state index contributed by atoms with van der Waals surface area (Å²) in [5.74, 6) is 1.57. The number of ether oxygens (including phenoxy) is 3. The highest BCUT2D eigenvalue weighted by molar-refractivity contribution is 5.94. The highest BCUT2D eigenvalue weighted by atomic mass is 16.5. The zero-order chi connectivity index (χ0) is 15.8. The van der Waals surface area contributed by atoms with Crippen LogP contribution in [0.3, 0.4) is 0 Å². The predicted octanol–water partition coefficient (Wildman–Crippen LogP) is 1.19. The largest absolute Gasteiger partial charge is 0.493 e. The second kappa shape index (κ2) is 8.60. The molecule has 0 aliphatic carbocycles. The van der Waals surface area contributed by atoms with Crippen molar-refractivity contribution < 1.29 is 19.0 Å². The lowest BCUT2D eigenvalue weighted by molar-refractivity contribution is 0.0950. The summed E-state index contributed by atoms with van der Waals surface area (Å²) < 4.78 is 16.0. The van der Waals surface area contributed by atoms with Gasteiger partial charge in [-0.05, 0) is 37.0 Å². The Hall–Kier alpha value is -1.79. The first-order valence-corrected chi connectivity index (χ1v) is 7.61. The number of amides is 1. The zero-order valence-electron chi connectivity index (χ0n) is 13.0. The molecule has 0 spiro atoms. The molecule has 1 amide bonds. The Bertz CT molecular complexity index is 487. The van der Waals surface area contributed by atoms with Crippen LogP contribution in [0.2, 0.25) is 0 Å². The van der Waals surface area contributed by atoms with E-state index in [1.807, 2.05) is 0 Å². The van der Waals surface area contributed by atoms with Crippen LogP contribution < -0.4 is 20.5 Å². The number of nitrogens with one attached hydrogen (secondary N) is 1. The molecular weight excluding hydrogens is 284 g/mol. The van der Waals surface area contributed by atoms with Gasteiger partial charge in [0, 0.05) is 31.9 Å². The molecule has 22 heavy (non-hydrogen) atoms. The molecule has 1 fully saturated rings. The van der Waals surface area contributed by atoms with Gasteiger partial charge in [-0.1, -0.05) is 0 Å². The van der Waals surface area contributed by atoms with Crippen molar-refractivity contribution in [3.05, 3.63) is 23.8 Å². The topological polar surface area (TPSA) is 82.8 Å². The van der Waals surface area contributed by atoms with Crippen LogP contribution in [0.4, 0.5) is 0 Å². The van der Waals surface area contributed by atoms with Crippen LogP contribution in [0, 0.1) is 5.92 Å². The number of carbonyl (C=O) groups is 1. The molecule has 0 saturated carbocycles. The predicted molar refractivity (Wildman–Crippen MR) is 83.4 cm³/mol. The van der Waals surface area contributed by atoms with Crippen molar-refractivity contribution in [3.8, 4) is 11.5 Å². The van der Waals surface area contributed by atoms with Gasteiger partial charge < -0.3 is 25.3 Å². The first-order chi connectivity index (χ1) is 10.7. The molecule has 1 heterocycles. The molecule has 1 aliphatic rings. The van der Waals surface area contributed by atoms with Gasteiger partial charge in [-0.2, -0.15) is 0 Å². The Morgan fingerprint density at radius 2 is 2.32 bits per heavy atom. The van der Waals surface area contributed by atoms with Crippen LogP contribution >= 0.6 is 0 Å². The van der Waals surface area contributed by atoms with E-state index in [0.717, 1.165) is 26.1 Å². The summed E-state index contributed by atoms with van der Waals surface area (Å²) in [6, 6.07) is 5.14. The maximum absolute atomic E-state index is 12.2. The van der Waals surface area contributed by atoms with Gasteiger partial charge in [-0.15, -0.1) is 0 Å². The molecule has 0 radical (unpaired) electrons. The smallest absolute Gasteiger partial charge is 0.251 e. The Morgan fingerprint density at radius 3 is 3.00 bits per heavy atom. The van der Waals surface area contributed by atoms with Crippen LogP contribution in [0.25, 0.3) is 0 Å². The van der Waals surface area contributed by atoms with Crippen LogP contribution in [0.5, 0.6) is 11.5 Å². The Balaban J connectivity index is 1.90. The number of carbonyl (C=O) groups excluding carboxylic acids is 1. The highest BCUT2D eigenvalue weighted by Gasteiger charge is 2.16. The number of benzene rings is 1. The van der Waals surface area contributed by atoms with E-state index in [1.165, 1.54) is 0 Å². The minimum atomic E-state index is -0.112. The Kier molecular flexibility index (Phi) is 6.48. The Morgan fingerprint density at radius 1 is 1.45 bits per heavy atom. The maximum Gasteiger partial charge on any atom is 0.251 e. The summed E-state index contributed by atoms with van der Waals surface area (Å²) in [5, 5.41) is 2.93. The lowest BCUT2D eigenvalue weighted by Gasteiger charge is -2.12. The molecule has 1 atom stereocenters. The van der Waals surface area contributed by atoms with Crippen LogP contribution in [0.15, 0.2) is 18.2 Å². The molecule has 1 aromatic carbocycles. The monoisotopic (exact) mass is 308 g/mol. The molecule has 0 unspecified atom stereocenters. The first-order valence-electron chi connectivity index (χ1n) is 7.61. The van der Waals surface area contributed by atoms with Crippen LogP contribution in [0.1, 0.15) is 23.2 Å². The molecule has 6 heteroatoms. The number of nitrogens with two attached hydrogens (primary N) is 1. The fourth-order valence-electron chi connectivity index (χ4n) is 2.40. The minimum Gasteiger partial charge on any atom is -0.493 e. The van der Waals surface area contributed by atoms with Gasteiger partial charge in [0.05, 0.1) is 7.11 Å². The van der Waals surface area contributed by atoms with Crippen molar-refractivity contribution in [2.45, 2.75) is 12.8 Å². The number of hydrogen-bond donors (Lipinski definition) is 2. The normalized spacial score (nSPS) is 17.3. The average Bonchev–Trinajstić information content (AvgIpc) is 3.05. The van der Waals surface area contributed by atoms with Crippen molar-refractivity contribution in [3.63, 3.8) is 0 Å². The van der Waals surface area contributed by atoms with Gasteiger partial charge in [-0.25, -0.2) is 0 Å². The van der Waals surface area contributed by atoms with E-state index in [2.05, 4.69) is 5.32 Å². The van der Waals surface area contributed by atoms with E-state index < -0.39 is 0 Å². The summed E-state index contributed by atoms with van der Waals surface area (Å²) >= 11 is 0. The van der Waals surface area contributed by atoms with Gasteiger partial charge in [0.1, 0.15) is 6.61 Å². The molecule has 2 rings (SSSR count). The molecular formula is C16H24N2O4. The number of rotatable bonds is 8. The summed E-state index contributed by atoms with van der Waals surface area (Å²) in [6.45, 7) is 3.07. The average molecular weight is 308 g/mol. The van der Waals surface area contributed by atoms with Gasteiger partial charge in [-0.3, -0.25) is 4.79 Å². The fourth-order valence-corrected chi connectivity index (χ4v) is 2.40. The van der Waals surface area contributed by atoms with E-state index in [0.29, 0.717) is 42.7 Å². The highest BCUT2D eigenvalue weighted by Crippen LogP contribution is 2.28. The second-order valence-electron chi connectivity index (χ2n) is 5.28. The quantitative estimate of drug-likeness (QED) is 0.754. The summed E-state index contributed by atoms with van der Waals surface area (Å²) in [7, 11) is 1.56. The molecule has 0 aromatic heterocycles. The minimum absolute atomic E-state index is 0.112. The molecule has 1 saturated heterocycles. The third-order valence-corrected chi connectivity index (χ3v) is 3.66. The van der Waals surface area contributed by atoms with Crippen molar-refractivity contribution in [2.75, 3.05) is 40.0 Å². The van der Waals surface area contributed by atoms with Crippen molar-refractivity contribution in [2.24, 2.45) is 11.7 Å². The number of methoxy groups -OCH3 is 1. The first kappa shape index (κ1) is 16.6. The SMILES string of the molecule is COc1ccc(C(=O)NCC[C@@H]2CCOC2)cc1OCCN. The standard InChI is InChI=1S/C16H24N2O4/c1-20-14-3-2-13(10-15(14)22-9-6-17)16(19)18-7-4-12-5-8-21-11-12/h2-3,10,12H,4-9,11,17H2,1H3,(H,18,19)/t12-/m1/s1. The van der Waals surface area contributed by atoms with E-state index in [9.17, 15) is 4.79 Å². The third kappa shape index (κ3) is 4.61. The molecule has 6 nitrogen and oxygen atoms in total. The van der Waals surface area contributed by atoms with E-state index in [1.54, 1.807) is 25.3 Å². The van der Waals surface area contributed by atoms with Crippen molar-refractivity contribution >= 4 is 5.91 Å². The summed E-state index contributed by atoms with van der Waals surface area (Å²) in [5.41, 5.74) is 5.99. The van der Waals surface area contributed by atoms with Crippen LogP contribution in [-0.2, 0) is 4.74 Å². The van der Waals surface area contributed by atoms with E-state index in [4.69, 9.17) is 19.9 Å². The molecule has 0 bridgehead atoms. The van der Waals surface area contributed by atoms with Gasteiger partial charge >= 0.3 is 0 Å². The second-order valence-corrected chi connectivity index (χ2v) is 5.28. The van der Waals surface area contributed by atoms with E-state index >= 15 is 0 Å². The van der Waals surface area contributed by atoms with E-state index in [-0.39, 0.29) is 5.91 Å². The zero-order valence-corrected chi connectivity index (χ0v) is 13.0. The molecule has 1 aliphatic heterocycles. The molecule has 1 aromatic rings. The number of hydrogen-bond acceptors (Lipinski definition) is 5. The lowest BCUT2D eigenvalue weighted by Crippen LogP contribution is -2.26.